The van der Waals surface area contributed by atoms with Crippen LogP contribution in [0.2, 0.25) is 0 Å². The average molecular weight is 231 g/mol. The van der Waals surface area contributed by atoms with Gasteiger partial charge in [-0.25, -0.2) is 0 Å². The minimum atomic E-state index is -3.58. The van der Waals surface area contributed by atoms with Crippen LogP contribution in [0.4, 0.5) is 0 Å². The zero-order chi connectivity index (χ0) is 10.6. The van der Waals surface area contributed by atoms with E-state index in [4.69, 9.17) is 11.6 Å². The van der Waals surface area contributed by atoms with E-state index >= 15 is 0 Å². The molecule has 0 aromatic heterocycles. The third-order valence-electron chi connectivity index (χ3n) is 1.53. The van der Waals surface area contributed by atoms with Crippen molar-refractivity contribution in [2.24, 2.45) is 0 Å². The molecular formula is C9H8ClO3P. The Morgan fingerprint density at radius 2 is 1.93 bits per heavy atom. The first-order valence-corrected chi connectivity index (χ1v) is 5.90. The highest BCUT2D eigenvalue weighted by Gasteiger charge is 2.16. The van der Waals surface area contributed by atoms with E-state index in [1.165, 1.54) is 12.1 Å². The van der Waals surface area contributed by atoms with Gasteiger partial charge in [0.2, 0.25) is 5.24 Å². The Morgan fingerprint density at radius 3 is 2.43 bits per heavy atom. The smallest absolute Gasteiger partial charge is 0.251 e. The maximum absolute atomic E-state index is 11.6. The first kappa shape index (κ1) is 11.2. The maximum Gasteiger partial charge on any atom is 0.251 e. The van der Waals surface area contributed by atoms with E-state index in [2.05, 4.69) is 0 Å². The van der Waals surface area contributed by atoms with Crippen molar-refractivity contribution in [2.45, 2.75) is 0 Å². The number of carbonyl (C=O) groups is 1. The van der Waals surface area contributed by atoms with Gasteiger partial charge in [-0.3, -0.25) is 9.36 Å². The molecule has 14 heavy (non-hydrogen) atoms. The molecule has 1 rings (SSSR count). The molecule has 0 fully saturated rings. The van der Waals surface area contributed by atoms with Crippen LogP contribution in [-0.4, -0.2) is 10.1 Å². The fourth-order valence-corrected chi connectivity index (χ4v) is 2.15. The van der Waals surface area contributed by atoms with Crippen molar-refractivity contribution in [1.82, 2.24) is 0 Å². The standard InChI is InChI=1S/C9H8ClO3P/c10-9(11)6-7-14(12,13)8-4-2-1-3-5-8/h1-7H,(H,12,13). The molecule has 1 unspecified atom stereocenters. The van der Waals surface area contributed by atoms with Gasteiger partial charge in [-0.05, 0) is 23.7 Å². The van der Waals surface area contributed by atoms with E-state index in [-0.39, 0.29) is 5.30 Å². The second-order valence-corrected chi connectivity index (χ2v) is 5.01. The Bertz CT molecular complexity index is 400. The van der Waals surface area contributed by atoms with Gasteiger partial charge < -0.3 is 4.89 Å². The fraction of sp³-hybridized carbons (Fsp3) is 0. The maximum atomic E-state index is 11.6. The highest BCUT2D eigenvalue weighted by atomic mass is 35.5. The number of rotatable bonds is 3. The topological polar surface area (TPSA) is 54.4 Å². The Hall–Kier alpha value is -0.890. The minimum Gasteiger partial charge on any atom is -0.338 e. The largest absolute Gasteiger partial charge is 0.338 e. The summed E-state index contributed by atoms with van der Waals surface area (Å²) in [7, 11) is -3.58. The molecule has 0 aliphatic heterocycles. The quantitative estimate of drug-likeness (QED) is 0.490. The van der Waals surface area contributed by atoms with Crippen molar-refractivity contribution in [2.75, 3.05) is 0 Å². The van der Waals surface area contributed by atoms with E-state index in [9.17, 15) is 14.3 Å². The normalized spacial score (nSPS) is 15.3. The van der Waals surface area contributed by atoms with Crippen LogP contribution in [0.1, 0.15) is 0 Å². The Labute approximate surface area is 86.5 Å². The number of hydrogen-bond acceptors (Lipinski definition) is 2. The molecule has 0 spiro atoms. The predicted octanol–water partition coefficient (Wildman–Crippen LogP) is 1.86. The molecule has 1 aromatic rings. The van der Waals surface area contributed by atoms with Crippen LogP contribution in [0.3, 0.4) is 0 Å². The first-order valence-electron chi connectivity index (χ1n) is 3.79. The summed E-state index contributed by atoms with van der Waals surface area (Å²) in [5.41, 5.74) is 0. The summed E-state index contributed by atoms with van der Waals surface area (Å²) in [5.74, 6) is 0.928. The summed E-state index contributed by atoms with van der Waals surface area (Å²) in [6.07, 6.45) is 0.884. The summed E-state index contributed by atoms with van der Waals surface area (Å²) >= 11 is 5.01. The molecule has 0 bridgehead atoms. The second kappa shape index (κ2) is 4.56. The van der Waals surface area contributed by atoms with Crippen LogP contribution in [0.15, 0.2) is 42.2 Å². The number of hydrogen-bond donors (Lipinski definition) is 1. The molecule has 1 N–H and O–H groups in total. The Balaban J connectivity index is 2.98. The lowest BCUT2D eigenvalue weighted by Gasteiger charge is -2.04. The summed E-state index contributed by atoms with van der Waals surface area (Å²) < 4.78 is 11.6. The van der Waals surface area contributed by atoms with Crippen LogP contribution >= 0.6 is 19.0 Å². The molecule has 0 aliphatic rings. The van der Waals surface area contributed by atoms with Gasteiger partial charge in [0.15, 0.2) is 0 Å². The number of halogens is 1. The van der Waals surface area contributed by atoms with Crippen molar-refractivity contribution in [3.8, 4) is 0 Å². The van der Waals surface area contributed by atoms with Crippen LogP contribution in [0.5, 0.6) is 0 Å². The molecule has 0 saturated heterocycles. The van der Waals surface area contributed by atoms with Crippen molar-refractivity contribution in [1.29, 1.82) is 0 Å². The van der Waals surface area contributed by atoms with E-state index in [1.807, 2.05) is 0 Å². The van der Waals surface area contributed by atoms with Gasteiger partial charge in [-0.2, -0.15) is 0 Å². The number of carbonyl (C=O) groups excluding carboxylic acids is 1. The van der Waals surface area contributed by atoms with Gasteiger partial charge in [0.05, 0.1) is 0 Å². The van der Waals surface area contributed by atoms with Gasteiger partial charge in [-0.1, -0.05) is 18.2 Å². The lowest BCUT2D eigenvalue weighted by Crippen LogP contribution is -2.00. The zero-order valence-electron chi connectivity index (χ0n) is 7.13. The average Bonchev–Trinajstić information content (AvgIpc) is 2.16. The molecule has 0 amide bonds. The highest BCUT2D eigenvalue weighted by molar-refractivity contribution is 7.69. The SMILES string of the molecule is O=C(Cl)C=CP(=O)(O)c1ccccc1. The molecule has 0 heterocycles. The predicted molar refractivity (Wildman–Crippen MR) is 55.9 cm³/mol. The van der Waals surface area contributed by atoms with Crippen molar-refractivity contribution in [3.63, 3.8) is 0 Å². The fourth-order valence-electron chi connectivity index (χ4n) is 0.887. The van der Waals surface area contributed by atoms with Crippen LogP contribution in [-0.2, 0) is 9.36 Å². The van der Waals surface area contributed by atoms with Crippen LogP contribution < -0.4 is 5.30 Å². The molecule has 74 valence electrons. The zero-order valence-corrected chi connectivity index (χ0v) is 8.78. The van der Waals surface area contributed by atoms with Crippen molar-refractivity contribution in [3.05, 3.63) is 42.2 Å². The number of benzene rings is 1. The van der Waals surface area contributed by atoms with Crippen molar-refractivity contribution >= 4 is 29.5 Å². The number of allylic oxidation sites excluding steroid dienone is 1. The van der Waals surface area contributed by atoms with E-state index in [0.717, 1.165) is 11.9 Å². The Kier molecular flexibility index (Phi) is 3.64. The van der Waals surface area contributed by atoms with Gasteiger partial charge in [0.1, 0.15) is 0 Å². The Morgan fingerprint density at radius 1 is 1.36 bits per heavy atom. The van der Waals surface area contributed by atoms with Gasteiger partial charge in [0.25, 0.3) is 7.37 Å². The lowest BCUT2D eigenvalue weighted by atomic mass is 10.4. The van der Waals surface area contributed by atoms with E-state index < -0.39 is 12.6 Å². The third kappa shape index (κ3) is 3.11. The minimum absolute atomic E-state index is 0.272. The van der Waals surface area contributed by atoms with E-state index in [1.54, 1.807) is 18.2 Å². The summed E-state index contributed by atoms with van der Waals surface area (Å²) in [5, 5.41) is -0.496. The molecule has 1 atom stereocenters. The molecule has 0 aliphatic carbocycles. The van der Waals surface area contributed by atoms with Gasteiger partial charge in [0, 0.05) is 17.2 Å². The molecule has 3 nitrogen and oxygen atoms in total. The third-order valence-corrected chi connectivity index (χ3v) is 3.25. The second-order valence-electron chi connectivity index (χ2n) is 2.58. The van der Waals surface area contributed by atoms with Gasteiger partial charge >= 0.3 is 0 Å². The van der Waals surface area contributed by atoms with Gasteiger partial charge in [-0.15, -0.1) is 0 Å². The molecule has 0 saturated carbocycles. The molecule has 1 aromatic carbocycles. The van der Waals surface area contributed by atoms with Crippen molar-refractivity contribution < 1.29 is 14.3 Å². The molecule has 0 radical (unpaired) electrons. The van der Waals surface area contributed by atoms with Crippen LogP contribution in [0, 0.1) is 0 Å². The monoisotopic (exact) mass is 230 g/mol. The molecule has 5 heteroatoms. The summed E-state index contributed by atoms with van der Waals surface area (Å²) in [4.78, 5) is 19.9. The summed E-state index contributed by atoms with van der Waals surface area (Å²) in [6, 6.07) is 8.07. The highest BCUT2D eigenvalue weighted by Crippen LogP contribution is 2.40. The summed E-state index contributed by atoms with van der Waals surface area (Å²) in [6.45, 7) is 0. The van der Waals surface area contributed by atoms with Crippen LogP contribution in [0.25, 0.3) is 0 Å². The lowest BCUT2D eigenvalue weighted by molar-refractivity contribution is -0.107. The van der Waals surface area contributed by atoms with E-state index in [0.29, 0.717) is 0 Å². The first-order chi connectivity index (χ1) is 6.52. The molecular weight excluding hydrogens is 223 g/mol.